The first-order valence-electron chi connectivity index (χ1n) is 8.13. The van der Waals surface area contributed by atoms with E-state index < -0.39 is 0 Å². The van der Waals surface area contributed by atoms with Crippen LogP contribution in [-0.2, 0) is 9.08 Å². The molecule has 0 aromatic rings. The number of urea groups is 1. The van der Waals surface area contributed by atoms with E-state index in [2.05, 4.69) is 23.5 Å². The van der Waals surface area contributed by atoms with Crippen LogP contribution >= 0.6 is 12.9 Å². The number of hydrogen-bond acceptors (Lipinski definition) is 5. The van der Waals surface area contributed by atoms with Gasteiger partial charge >= 0.3 is 6.03 Å². The molecule has 0 unspecified atom stereocenters. The molecule has 124 valence electrons. The molecular weight excluding hydrogens is 304 g/mol. The number of amides is 3. The van der Waals surface area contributed by atoms with Crippen molar-refractivity contribution >= 4 is 24.8 Å². The smallest absolute Gasteiger partial charge is 0.345 e. The van der Waals surface area contributed by atoms with Gasteiger partial charge in [0.2, 0.25) is 5.91 Å². The number of hydrogen-bond donors (Lipinski definition) is 3. The number of nitrogens with zero attached hydrogens (tertiary/aromatic N) is 2. The Morgan fingerprint density at radius 2 is 1.95 bits per heavy atom. The highest BCUT2D eigenvalue weighted by Gasteiger charge is 2.47. The molecule has 2 atom stereocenters. The van der Waals surface area contributed by atoms with E-state index in [1.54, 1.807) is 4.90 Å². The SMILES string of the molecule is O=C(NC1CCCNCCC1)[C@@H]1CC[C@@H]2CN1C(=O)N2OS. The summed E-state index contributed by atoms with van der Waals surface area (Å²) in [4.78, 5) is 26.4. The first-order chi connectivity index (χ1) is 10.7. The Bertz CT molecular complexity index is 428. The zero-order valence-corrected chi connectivity index (χ0v) is 13.6. The van der Waals surface area contributed by atoms with Crippen molar-refractivity contribution in [2.75, 3.05) is 19.6 Å². The average molecular weight is 328 g/mol. The van der Waals surface area contributed by atoms with Crippen molar-refractivity contribution in [3.63, 3.8) is 0 Å². The number of hydroxylamine groups is 2. The first-order valence-corrected chi connectivity index (χ1v) is 8.49. The largest absolute Gasteiger partial charge is 0.352 e. The number of piperidine rings is 1. The lowest BCUT2D eigenvalue weighted by atomic mass is 9.98. The zero-order valence-electron chi connectivity index (χ0n) is 12.7. The van der Waals surface area contributed by atoms with Crippen molar-refractivity contribution in [1.29, 1.82) is 0 Å². The summed E-state index contributed by atoms with van der Waals surface area (Å²) in [5.74, 6) is -0.0219. The molecule has 0 saturated carbocycles. The van der Waals surface area contributed by atoms with E-state index in [1.807, 2.05) is 0 Å². The molecule has 3 heterocycles. The summed E-state index contributed by atoms with van der Waals surface area (Å²) in [6.07, 6.45) is 5.59. The number of nitrogens with one attached hydrogen (secondary N) is 2. The molecule has 0 radical (unpaired) electrons. The molecular formula is C14H24N4O3S. The molecule has 7 nitrogen and oxygen atoms in total. The van der Waals surface area contributed by atoms with Crippen LogP contribution in [0.2, 0.25) is 0 Å². The van der Waals surface area contributed by atoms with E-state index in [0.29, 0.717) is 13.0 Å². The molecule has 3 amide bonds. The topological polar surface area (TPSA) is 73.9 Å². The van der Waals surface area contributed by atoms with Crippen LogP contribution in [0.5, 0.6) is 0 Å². The molecule has 22 heavy (non-hydrogen) atoms. The Balaban J connectivity index is 1.59. The maximum absolute atomic E-state index is 12.6. The highest BCUT2D eigenvalue weighted by Crippen LogP contribution is 2.30. The summed E-state index contributed by atoms with van der Waals surface area (Å²) >= 11 is 3.74. The third-order valence-electron chi connectivity index (χ3n) is 4.87. The predicted octanol–water partition coefficient (Wildman–Crippen LogP) is 0.680. The van der Waals surface area contributed by atoms with Gasteiger partial charge in [-0.3, -0.25) is 4.79 Å². The van der Waals surface area contributed by atoms with E-state index in [1.165, 1.54) is 5.06 Å². The second-order valence-electron chi connectivity index (χ2n) is 6.33. The number of rotatable bonds is 3. The summed E-state index contributed by atoms with van der Waals surface area (Å²) in [7, 11) is 0. The van der Waals surface area contributed by atoms with Gasteiger partial charge in [0.15, 0.2) is 0 Å². The van der Waals surface area contributed by atoms with Gasteiger partial charge in [0.1, 0.15) is 6.04 Å². The highest BCUT2D eigenvalue weighted by molar-refractivity contribution is 7.75. The Hall–Kier alpha value is -0.990. The summed E-state index contributed by atoms with van der Waals surface area (Å²) < 4.78 is 4.84. The third kappa shape index (κ3) is 3.18. The summed E-state index contributed by atoms with van der Waals surface area (Å²) in [5, 5.41) is 7.80. The van der Waals surface area contributed by atoms with Crippen molar-refractivity contribution in [3.8, 4) is 0 Å². The van der Waals surface area contributed by atoms with Crippen LogP contribution in [-0.4, -0.2) is 59.7 Å². The molecule has 0 aliphatic carbocycles. The average Bonchev–Trinajstić information content (AvgIpc) is 2.73. The molecule has 8 heteroatoms. The van der Waals surface area contributed by atoms with E-state index in [0.717, 1.165) is 45.2 Å². The summed E-state index contributed by atoms with van der Waals surface area (Å²) in [6.45, 7) is 2.57. The van der Waals surface area contributed by atoms with E-state index in [-0.39, 0.29) is 30.1 Å². The van der Waals surface area contributed by atoms with Crippen LogP contribution in [0.4, 0.5) is 4.79 Å². The first kappa shape index (κ1) is 15.9. The minimum absolute atomic E-state index is 0.0153. The number of carbonyl (C=O) groups excluding carboxylic acids is 2. The second-order valence-corrected chi connectivity index (χ2v) is 6.49. The molecule has 3 fully saturated rings. The lowest BCUT2D eigenvalue weighted by Gasteiger charge is -2.31. The standard InChI is InChI=1S/C14H24N4O3S/c19-13(16-10-3-1-7-15-8-2-4-10)12-6-5-11-9-17(12)14(20)18(11)21-22/h10-12,15,22H,1-9H2,(H,16,19)/t11-,12+/m1/s1. The van der Waals surface area contributed by atoms with Crippen molar-refractivity contribution in [2.24, 2.45) is 0 Å². The molecule has 0 aromatic carbocycles. The fourth-order valence-electron chi connectivity index (χ4n) is 3.67. The van der Waals surface area contributed by atoms with Crippen LogP contribution in [0.1, 0.15) is 38.5 Å². The van der Waals surface area contributed by atoms with Gasteiger partial charge in [-0.1, -0.05) is 0 Å². The second kappa shape index (κ2) is 7.06. The van der Waals surface area contributed by atoms with Gasteiger partial charge in [-0.25, -0.2) is 9.08 Å². The van der Waals surface area contributed by atoms with Crippen LogP contribution in [0, 0.1) is 0 Å². The quantitative estimate of drug-likeness (QED) is 0.526. The molecule has 0 spiro atoms. The van der Waals surface area contributed by atoms with Gasteiger partial charge in [-0.15, -0.1) is 0 Å². The summed E-state index contributed by atoms with van der Waals surface area (Å²) in [5.41, 5.74) is 0. The molecule has 2 N–H and O–H groups in total. The summed E-state index contributed by atoms with van der Waals surface area (Å²) in [6, 6.07) is -0.385. The van der Waals surface area contributed by atoms with Gasteiger partial charge in [-0.2, -0.15) is 5.06 Å². The lowest BCUT2D eigenvalue weighted by Crippen LogP contribution is -2.52. The fraction of sp³-hybridized carbons (Fsp3) is 0.857. The predicted molar refractivity (Wildman–Crippen MR) is 84.1 cm³/mol. The molecule has 3 aliphatic rings. The van der Waals surface area contributed by atoms with Crippen LogP contribution in [0.3, 0.4) is 0 Å². The molecule has 3 saturated heterocycles. The lowest BCUT2D eigenvalue weighted by molar-refractivity contribution is -0.126. The Labute approximate surface area is 136 Å². The normalized spacial score (nSPS) is 30.1. The number of thiol groups is 1. The van der Waals surface area contributed by atoms with Crippen molar-refractivity contribution < 1.29 is 13.9 Å². The van der Waals surface area contributed by atoms with Crippen LogP contribution in [0.25, 0.3) is 0 Å². The molecule has 3 aliphatic heterocycles. The molecule has 3 rings (SSSR count). The third-order valence-corrected chi connectivity index (χ3v) is 5.05. The van der Waals surface area contributed by atoms with Gasteiger partial charge in [0, 0.05) is 25.5 Å². The van der Waals surface area contributed by atoms with E-state index >= 15 is 0 Å². The van der Waals surface area contributed by atoms with Gasteiger partial charge < -0.3 is 15.5 Å². The van der Waals surface area contributed by atoms with Crippen molar-refractivity contribution in [1.82, 2.24) is 20.6 Å². The zero-order chi connectivity index (χ0) is 15.5. The Kier molecular flexibility index (Phi) is 5.10. The minimum atomic E-state index is -0.374. The Morgan fingerprint density at radius 3 is 2.64 bits per heavy atom. The molecule has 0 aromatic heterocycles. The Morgan fingerprint density at radius 1 is 1.23 bits per heavy atom. The van der Waals surface area contributed by atoms with Gasteiger partial charge in [-0.05, 0) is 51.6 Å². The maximum atomic E-state index is 12.6. The minimum Gasteiger partial charge on any atom is -0.352 e. The monoisotopic (exact) mass is 328 g/mol. The van der Waals surface area contributed by atoms with Crippen LogP contribution in [0.15, 0.2) is 0 Å². The highest BCUT2D eigenvalue weighted by atomic mass is 32.1. The van der Waals surface area contributed by atoms with Crippen LogP contribution < -0.4 is 10.6 Å². The number of carbonyl (C=O) groups is 2. The van der Waals surface area contributed by atoms with Crippen molar-refractivity contribution in [2.45, 2.75) is 56.7 Å². The maximum Gasteiger partial charge on any atom is 0.345 e. The van der Waals surface area contributed by atoms with Gasteiger partial charge in [0.25, 0.3) is 0 Å². The van der Waals surface area contributed by atoms with Crippen molar-refractivity contribution in [3.05, 3.63) is 0 Å². The molecule has 2 bridgehead atoms. The van der Waals surface area contributed by atoms with Gasteiger partial charge in [0.05, 0.1) is 6.04 Å². The fourth-order valence-corrected chi connectivity index (χ4v) is 3.87. The van der Waals surface area contributed by atoms with E-state index in [9.17, 15) is 9.59 Å². The number of fused-ring (bicyclic) bond motifs is 2. The van der Waals surface area contributed by atoms with E-state index in [4.69, 9.17) is 4.28 Å².